The minimum Gasteiger partial charge on any atom is -0.469 e. The van der Waals surface area contributed by atoms with Crippen LogP contribution in [0.2, 0.25) is 10.0 Å². The van der Waals surface area contributed by atoms with Gasteiger partial charge in [0.2, 0.25) is 0 Å². The van der Waals surface area contributed by atoms with Gasteiger partial charge in [-0.05, 0) is 37.6 Å². The number of nitrogen functional groups attached to an aromatic ring is 1. The summed E-state index contributed by atoms with van der Waals surface area (Å²) in [7, 11) is 0. The molecule has 1 aromatic carbocycles. The van der Waals surface area contributed by atoms with E-state index in [2.05, 4.69) is 5.32 Å². The Morgan fingerprint density at radius 3 is 2.62 bits per heavy atom. The SMILES string of the molecule is CC(CCc1ccco1)NC(=O)c1cc(Cl)c(N)c(Cl)c1. The highest BCUT2D eigenvalue weighted by Crippen LogP contribution is 2.28. The largest absolute Gasteiger partial charge is 0.469 e. The molecule has 2 aromatic rings. The molecule has 6 heteroatoms. The molecule has 21 heavy (non-hydrogen) atoms. The highest BCUT2D eigenvalue weighted by Gasteiger charge is 2.13. The number of rotatable bonds is 5. The van der Waals surface area contributed by atoms with E-state index in [4.69, 9.17) is 33.4 Å². The summed E-state index contributed by atoms with van der Waals surface area (Å²) in [5.41, 5.74) is 6.32. The highest BCUT2D eigenvalue weighted by molar-refractivity contribution is 6.39. The van der Waals surface area contributed by atoms with Crippen molar-refractivity contribution in [3.05, 3.63) is 51.9 Å². The van der Waals surface area contributed by atoms with Crippen molar-refractivity contribution in [3.63, 3.8) is 0 Å². The maximum atomic E-state index is 12.1. The van der Waals surface area contributed by atoms with Gasteiger partial charge >= 0.3 is 0 Å². The van der Waals surface area contributed by atoms with Gasteiger partial charge in [0.25, 0.3) is 5.91 Å². The molecule has 0 aliphatic heterocycles. The van der Waals surface area contributed by atoms with Gasteiger partial charge in [-0.2, -0.15) is 0 Å². The molecular weight excluding hydrogens is 311 g/mol. The number of carbonyl (C=O) groups excluding carboxylic acids is 1. The molecule has 0 aliphatic carbocycles. The molecule has 1 aromatic heterocycles. The lowest BCUT2D eigenvalue weighted by atomic mass is 10.1. The van der Waals surface area contributed by atoms with Crippen molar-refractivity contribution in [2.24, 2.45) is 0 Å². The molecule has 0 saturated heterocycles. The molecule has 112 valence electrons. The summed E-state index contributed by atoms with van der Waals surface area (Å²) >= 11 is 11.9. The molecular formula is C15H16Cl2N2O2. The van der Waals surface area contributed by atoms with Gasteiger partial charge in [0.15, 0.2) is 0 Å². The van der Waals surface area contributed by atoms with Crippen LogP contribution in [0.1, 0.15) is 29.5 Å². The number of amides is 1. The molecule has 1 unspecified atom stereocenters. The number of anilines is 1. The quantitative estimate of drug-likeness (QED) is 0.818. The van der Waals surface area contributed by atoms with Crippen molar-refractivity contribution in [1.82, 2.24) is 5.32 Å². The number of hydrogen-bond donors (Lipinski definition) is 2. The first-order chi connectivity index (χ1) is 9.97. The van der Waals surface area contributed by atoms with Crippen LogP contribution in [-0.2, 0) is 6.42 Å². The average molecular weight is 327 g/mol. The molecule has 0 radical (unpaired) electrons. The van der Waals surface area contributed by atoms with Gasteiger partial charge in [0.1, 0.15) is 5.76 Å². The number of hydrogen-bond acceptors (Lipinski definition) is 3. The molecule has 0 fully saturated rings. The highest BCUT2D eigenvalue weighted by atomic mass is 35.5. The summed E-state index contributed by atoms with van der Waals surface area (Å²) in [5.74, 6) is 0.667. The number of nitrogens with two attached hydrogens (primary N) is 1. The normalized spacial score (nSPS) is 12.1. The Bertz CT molecular complexity index is 604. The van der Waals surface area contributed by atoms with Crippen molar-refractivity contribution in [1.29, 1.82) is 0 Å². The van der Waals surface area contributed by atoms with E-state index in [1.165, 1.54) is 12.1 Å². The average Bonchev–Trinajstić information content (AvgIpc) is 2.95. The molecule has 2 rings (SSSR count). The second kappa shape index (κ2) is 6.87. The van der Waals surface area contributed by atoms with Crippen LogP contribution < -0.4 is 11.1 Å². The van der Waals surface area contributed by atoms with E-state index in [0.29, 0.717) is 5.56 Å². The van der Waals surface area contributed by atoms with Crippen LogP contribution in [0, 0.1) is 0 Å². The topological polar surface area (TPSA) is 68.3 Å². The van der Waals surface area contributed by atoms with E-state index in [1.807, 2.05) is 19.1 Å². The monoisotopic (exact) mass is 326 g/mol. The number of carbonyl (C=O) groups is 1. The Hall–Kier alpha value is -1.65. The second-order valence-corrected chi connectivity index (χ2v) is 5.66. The van der Waals surface area contributed by atoms with E-state index >= 15 is 0 Å². The number of benzene rings is 1. The summed E-state index contributed by atoms with van der Waals surface area (Å²) in [6.45, 7) is 1.93. The van der Waals surface area contributed by atoms with E-state index in [-0.39, 0.29) is 27.7 Å². The van der Waals surface area contributed by atoms with Gasteiger partial charge in [0, 0.05) is 18.0 Å². The smallest absolute Gasteiger partial charge is 0.251 e. The van der Waals surface area contributed by atoms with Crippen molar-refractivity contribution >= 4 is 34.8 Å². The van der Waals surface area contributed by atoms with Crippen LogP contribution >= 0.6 is 23.2 Å². The minimum absolute atomic E-state index is 0.00213. The lowest BCUT2D eigenvalue weighted by Crippen LogP contribution is -2.32. The van der Waals surface area contributed by atoms with Gasteiger partial charge in [0.05, 0.1) is 22.0 Å². The molecule has 0 bridgehead atoms. The molecule has 1 atom stereocenters. The zero-order valence-corrected chi connectivity index (χ0v) is 13.0. The fraction of sp³-hybridized carbons (Fsp3) is 0.267. The maximum absolute atomic E-state index is 12.1. The third kappa shape index (κ3) is 4.16. The molecule has 3 N–H and O–H groups in total. The predicted molar refractivity (Wildman–Crippen MR) is 84.8 cm³/mol. The second-order valence-electron chi connectivity index (χ2n) is 4.85. The zero-order chi connectivity index (χ0) is 15.4. The van der Waals surface area contributed by atoms with Gasteiger partial charge in [-0.25, -0.2) is 0 Å². The summed E-state index contributed by atoms with van der Waals surface area (Å²) < 4.78 is 5.26. The Morgan fingerprint density at radius 2 is 2.05 bits per heavy atom. The lowest BCUT2D eigenvalue weighted by Gasteiger charge is -2.14. The Morgan fingerprint density at radius 1 is 1.38 bits per heavy atom. The third-order valence-corrected chi connectivity index (χ3v) is 3.75. The van der Waals surface area contributed by atoms with Gasteiger partial charge in [-0.1, -0.05) is 23.2 Å². The first kappa shape index (κ1) is 15.7. The van der Waals surface area contributed by atoms with Crippen LogP contribution in [0.3, 0.4) is 0 Å². The molecule has 4 nitrogen and oxygen atoms in total. The fourth-order valence-electron chi connectivity index (χ4n) is 1.91. The van der Waals surface area contributed by atoms with Crippen LogP contribution in [0.15, 0.2) is 34.9 Å². The summed E-state index contributed by atoms with van der Waals surface area (Å²) in [5, 5.41) is 3.44. The van der Waals surface area contributed by atoms with Crippen LogP contribution in [0.4, 0.5) is 5.69 Å². The van der Waals surface area contributed by atoms with Gasteiger partial charge in [-0.3, -0.25) is 4.79 Å². The van der Waals surface area contributed by atoms with E-state index in [0.717, 1.165) is 18.6 Å². The van der Waals surface area contributed by atoms with Crippen molar-refractivity contribution in [2.45, 2.75) is 25.8 Å². The zero-order valence-electron chi connectivity index (χ0n) is 11.5. The molecule has 1 amide bonds. The first-order valence-electron chi connectivity index (χ1n) is 6.55. The fourth-order valence-corrected chi connectivity index (χ4v) is 2.40. The van der Waals surface area contributed by atoms with E-state index in [1.54, 1.807) is 6.26 Å². The van der Waals surface area contributed by atoms with E-state index < -0.39 is 0 Å². The maximum Gasteiger partial charge on any atom is 0.251 e. The molecule has 0 aliphatic rings. The van der Waals surface area contributed by atoms with Crippen LogP contribution in [-0.4, -0.2) is 11.9 Å². The van der Waals surface area contributed by atoms with E-state index in [9.17, 15) is 4.79 Å². The van der Waals surface area contributed by atoms with Crippen molar-refractivity contribution in [3.8, 4) is 0 Å². The summed E-state index contributed by atoms with van der Waals surface area (Å²) in [6.07, 6.45) is 3.17. The third-order valence-electron chi connectivity index (χ3n) is 3.12. The van der Waals surface area contributed by atoms with Crippen LogP contribution in [0.25, 0.3) is 0 Å². The lowest BCUT2D eigenvalue weighted by molar-refractivity contribution is 0.0938. The number of halogens is 2. The standard InChI is InChI=1S/C15H16Cl2N2O2/c1-9(4-5-11-3-2-6-21-11)19-15(20)10-7-12(16)14(18)13(17)8-10/h2-3,6-9H,4-5,18H2,1H3,(H,19,20). The first-order valence-corrected chi connectivity index (χ1v) is 7.30. The molecule has 1 heterocycles. The summed E-state index contributed by atoms with van der Waals surface area (Å²) in [6, 6.07) is 6.78. The summed E-state index contributed by atoms with van der Waals surface area (Å²) in [4.78, 5) is 12.1. The Kier molecular flexibility index (Phi) is 5.15. The van der Waals surface area contributed by atoms with Crippen molar-refractivity contribution in [2.75, 3.05) is 5.73 Å². The Labute approximate surface area is 133 Å². The van der Waals surface area contributed by atoms with Crippen LogP contribution in [0.5, 0.6) is 0 Å². The molecule has 0 spiro atoms. The molecule has 0 saturated carbocycles. The number of furan rings is 1. The number of nitrogens with one attached hydrogen (secondary N) is 1. The predicted octanol–water partition coefficient (Wildman–Crippen LogP) is 3.92. The van der Waals surface area contributed by atoms with Gasteiger partial charge < -0.3 is 15.5 Å². The van der Waals surface area contributed by atoms with Gasteiger partial charge in [-0.15, -0.1) is 0 Å². The van der Waals surface area contributed by atoms with Crippen molar-refractivity contribution < 1.29 is 9.21 Å². The number of aryl methyl sites for hydroxylation is 1. The minimum atomic E-state index is -0.231. The Balaban J connectivity index is 1.94.